The number of likely N-dealkylation sites (tertiary alicyclic amines) is 1. The fourth-order valence-corrected chi connectivity index (χ4v) is 3.75. The number of nitrogens with one attached hydrogen (secondary N) is 1. The summed E-state index contributed by atoms with van der Waals surface area (Å²) in [6, 6.07) is 9.61. The zero-order valence-corrected chi connectivity index (χ0v) is 17.3. The molecular weight excluding hydrogens is 372 g/mol. The van der Waals surface area contributed by atoms with Crippen LogP contribution in [0.5, 0.6) is 0 Å². The topological polar surface area (TPSA) is 45.2 Å². The molecule has 1 aromatic carbocycles. The molecule has 0 spiro atoms. The summed E-state index contributed by atoms with van der Waals surface area (Å²) in [5.74, 6) is -1.47. The Kier molecular flexibility index (Phi) is 6.63. The molecule has 2 aromatic rings. The van der Waals surface area contributed by atoms with Gasteiger partial charge in [0.15, 0.2) is 11.6 Å². The molecule has 2 heterocycles. The number of aromatic nitrogens is 1. The smallest absolute Gasteiger partial charge is 0.225 e. The van der Waals surface area contributed by atoms with Gasteiger partial charge in [0.25, 0.3) is 0 Å². The predicted octanol–water partition coefficient (Wildman–Crippen LogP) is 4.48. The van der Waals surface area contributed by atoms with E-state index in [9.17, 15) is 13.6 Å². The zero-order valence-electron chi connectivity index (χ0n) is 17.3. The molecule has 156 valence electrons. The van der Waals surface area contributed by atoms with Crippen molar-refractivity contribution >= 4 is 5.91 Å². The summed E-state index contributed by atoms with van der Waals surface area (Å²) in [5.41, 5.74) is 1.11. The van der Waals surface area contributed by atoms with E-state index in [0.717, 1.165) is 37.2 Å². The van der Waals surface area contributed by atoms with Crippen molar-refractivity contribution in [2.24, 2.45) is 11.3 Å². The molecule has 0 aliphatic carbocycles. The molecule has 0 unspecified atom stereocenters. The van der Waals surface area contributed by atoms with Gasteiger partial charge in [0.1, 0.15) is 0 Å². The summed E-state index contributed by atoms with van der Waals surface area (Å²) in [6.45, 7) is 7.88. The average Bonchev–Trinajstić information content (AvgIpc) is 2.69. The van der Waals surface area contributed by atoms with E-state index in [2.05, 4.69) is 15.2 Å². The maximum absolute atomic E-state index is 13.6. The van der Waals surface area contributed by atoms with Crippen LogP contribution in [0.25, 0.3) is 0 Å². The number of carbonyl (C=O) groups excluding carboxylic acids is 1. The van der Waals surface area contributed by atoms with Crippen molar-refractivity contribution in [2.75, 3.05) is 13.1 Å². The molecule has 0 radical (unpaired) electrons. The molecule has 1 saturated heterocycles. The van der Waals surface area contributed by atoms with Crippen LogP contribution in [0.1, 0.15) is 50.9 Å². The lowest BCUT2D eigenvalue weighted by molar-refractivity contribution is -0.130. The van der Waals surface area contributed by atoms with E-state index in [1.54, 1.807) is 12.3 Å². The molecule has 1 fully saturated rings. The van der Waals surface area contributed by atoms with Gasteiger partial charge in [0, 0.05) is 24.7 Å². The number of halogens is 2. The standard InChI is InChI=1S/C23H29F2N3O/c1-23(2,3)22(29)27-21(20-8-4-5-11-26-20)17-7-6-12-28(15-17)14-16-9-10-18(24)19(25)13-16/h4-5,8-11,13,17,21H,6-7,12,14-15H2,1-3H3,(H,27,29)/t17-,21+/m1/s1. The monoisotopic (exact) mass is 401 g/mol. The zero-order chi connectivity index (χ0) is 21.0. The van der Waals surface area contributed by atoms with E-state index in [1.165, 1.54) is 12.1 Å². The fraction of sp³-hybridized carbons (Fsp3) is 0.478. The Morgan fingerprint density at radius 2 is 2.03 bits per heavy atom. The van der Waals surface area contributed by atoms with Crippen molar-refractivity contribution in [2.45, 2.75) is 46.2 Å². The first-order valence-electron chi connectivity index (χ1n) is 10.1. The second-order valence-electron chi connectivity index (χ2n) is 8.84. The highest BCUT2D eigenvalue weighted by molar-refractivity contribution is 5.81. The summed E-state index contributed by atoms with van der Waals surface area (Å²) in [7, 11) is 0. The minimum atomic E-state index is -0.828. The molecule has 4 nitrogen and oxygen atoms in total. The summed E-state index contributed by atoms with van der Waals surface area (Å²) >= 11 is 0. The minimum Gasteiger partial charge on any atom is -0.347 e. The van der Waals surface area contributed by atoms with Gasteiger partial charge in [-0.1, -0.05) is 32.9 Å². The summed E-state index contributed by atoms with van der Waals surface area (Å²) < 4.78 is 26.8. The third kappa shape index (κ3) is 5.60. The highest BCUT2D eigenvalue weighted by atomic mass is 19.2. The predicted molar refractivity (Wildman–Crippen MR) is 109 cm³/mol. The van der Waals surface area contributed by atoms with Crippen LogP contribution in [0.2, 0.25) is 0 Å². The lowest BCUT2D eigenvalue weighted by Gasteiger charge is -2.38. The quantitative estimate of drug-likeness (QED) is 0.804. The summed E-state index contributed by atoms with van der Waals surface area (Å²) in [6.07, 6.45) is 3.69. The largest absolute Gasteiger partial charge is 0.347 e. The van der Waals surface area contributed by atoms with Gasteiger partial charge in [-0.05, 0) is 55.1 Å². The van der Waals surface area contributed by atoms with Gasteiger partial charge < -0.3 is 5.32 Å². The Bertz CT molecular complexity index is 836. The number of piperidine rings is 1. The maximum Gasteiger partial charge on any atom is 0.225 e. The molecule has 0 saturated carbocycles. The van der Waals surface area contributed by atoms with Crippen LogP contribution in [0.4, 0.5) is 8.78 Å². The third-order valence-electron chi connectivity index (χ3n) is 5.38. The summed E-state index contributed by atoms with van der Waals surface area (Å²) in [5, 5.41) is 3.21. The fourth-order valence-electron chi connectivity index (χ4n) is 3.75. The number of nitrogens with zero attached hydrogens (tertiary/aromatic N) is 2. The molecule has 6 heteroatoms. The van der Waals surface area contributed by atoms with Crippen LogP contribution in [0, 0.1) is 23.0 Å². The van der Waals surface area contributed by atoms with Crippen molar-refractivity contribution in [3.63, 3.8) is 0 Å². The molecule has 0 bridgehead atoms. The van der Waals surface area contributed by atoms with Crippen molar-refractivity contribution < 1.29 is 13.6 Å². The molecule has 1 aromatic heterocycles. The van der Waals surface area contributed by atoms with E-state index < -0.39 is 17.0 Å². The molecule has 1 N–H and O–H groups in total. The summed E-state index contributed by atoms with van der Waals surface area (Å²) in [4.78, 5) is 19.4. The Hall–Kier alpha value is -2.34. The van der Waals surface area contributed by atoms with Crippen molar-refractivity contribution in [1.82, 2.24) is 15.2 Å². The Labute approximate surface area is 171 Å². The third-order valence-corrected chi connectivity index (χ3v) is 5.38. The van der Waals surface area contributed by atoms with Gasteiger partial charge in [-0.15, -0.1) is 0 Å². The number of amides is 1. The Balaban J connectivity index is 1.76. The average molecular weight is 402 g/mol. The van der Waals surface area contributed by atoms with Gasteiger partial charge in [-0.25, -0.2) is 8.78 Å². The molecule has 1 amide bonds. The molecule has 29 heavy (non-hydrogen) atoms. The van der Waals surface area contributed by atoms with Crippen molar-refractivity contribution in [1.29, 1.82) is 0 Å². The molecular formula is C23H29F2N3O. The molecule has 2 atom stereocenters. The van der Waals surface area contributed by atoms with Crippen LogP contribution in [-0.4, -0.2) is 28.9 Å². The first kappa shape index (κ1) is 21.4. The van der Waals surface area contributed by atoms with E-state index in [0.29, 0.717) is 6.54 Å². The molecule has 3 rings (SSSR count). The first-order valence-corrected chi connectivity index (χ1v) is 10.1. The molecule has 1 aliphatic rings. The van der Waals surface area contributed by atoms with Crippen LogP contribution in [0.3, 0.4) is 0 Å². The van der Waals surface area contributed by atoms with Gasteiger partial charge in [-0.3, -0.25) is 14.7 Å². The second kappa shape index (κ2) is 8.99. The van der Waals surface area contributed by atoms with Gasteiger partial charge in [0.2, 0.25) is 5.91 Å². The van der Waals surface area contributed by atoms with Gasteiger partial charge in [-0.2, -0.15) is 0 Å². The normalized spacial score (nSPS) is 19.0. The SMILES string of the molecule is CC(C)(C)C(=O)N[C@H](c1ccccn1)[C@@H]1CCCN(Cc2ccc(F)c(F)c2)C1. The van der Waals surface area contributed by atoms with Gasteiger partial charge >= 0.3 is 0 Å². The highest BCUT2D eigenvalue weighted by Crippen LogP contribution is 2.31. The van der Waals surface area contributed by atoms with Crippen molar-refractivity contribution in [3.05, 3.63) is 65.5 Å². The van der Waals surface area contributed by atoms with E-state index in [4.69, 9.17) is 0 Å². The van der Waals surface area contributed by atoms with E-state index in [1.807, 2.05) is 39.0 Å². The molecule has 1 aliphatic heterocycles. The number of carbonyl (C=O) groups is 1. The van der Waals surface area contributed by atoms with Crippen LogP contribution in [-0.2, 0) is 11.3 Å². The van der Waals surface area contributed by atoms with Crippen LogP contribution >= 0.6 is 0 Å². The van der Waals surface area contributed by atoms with Crippen molar-refractivity contribution in [3.8, 4) is 0 Å². The lowest BCUT2D eigenvalue weighted by atomic mass is 9.86. The highest BCUT2D eigenvalue weighted by Gasteiger charge is 2.33. The number of rotatable bonds is 5. The number of hydrogen-bond acceptors (Lipinski definition) is 3. The van der Waals surface area contributed by atoms with E-state index in [-0.39, 0.29) is 17.9 Å². The number of pyridine rings is 1. The Morgan fingerprint density at radius 1 is 1.24 bits per heavy atom. The lowest BCUT2D eigenvalue weighted by Crippen LogP contribution is -2.45. The number of hydrogen-bond donors (Lipinski definition) is 1. The van der Waals surface area contributed by atoms with Gasteiger partial charge in [0.05, 0.1) is 11.7 Å². The van der Waals surface area contributed by atoms with Crippen LogP contribution in [0.15, 0.2) is 42.6 Å². The Morgan fingerprint density at radius 3 is 2.69 bits per heavy atom. The number of benzene rings is 1. The van der Waals surface area contributed by atoms with E-state index >= 15 is 0 Å². The maximum atomic E-state index is 13.6. The first-order chi connectivity index (χ1) is 13.7. The second-order valence-corrected chi connectivity index (χ2v) is 8.84. The van der Waals surface area contributed by atoms with Crippen LogP contribution < -0.4 is 5.32 Å². The minimum absolute atomic E-state index is 0.00844.